The van der Waals surface area contributed by atoms with E-state index in [1.165, 1.54) is 0 Å². The molecule has 0 aliphatic rings. The van der Waals surface area contributed by atoms with Crippen molar-refractivity contribution >= 4 is 22.6 Å². The maximum absolute atomic E-state index is 12.4. The smallest absolute Gasteiger partial charge is 0.212 e. The highest BCUT2D eigenvalue weighted by atomic mass is 35.5. The minimum Gasteiger partial charge on any atom is -0.454 e. The molecule has 0 aliphatic carbocycles. The summed E-state index contributed by atoms with van der Waals surface area (Å²) in [5, 5.41) is 0.681. The Morgan fingerprint density at radius 1 is 1.00 bits per heavy atom. The molecule has 19 heavy (non-hydrogen) atoms. The van der Waals surface area contributed by atoms with Crippen LogP contribution in [-0.4, -0.2) is 0 Å². The van der Waals surface area contributed by atoms with Gasteiger partial charge in [0.15, 0.2) is 5.76 Å². The molecule has 0 atom stereocenters. The van der Waals surface area contributed by atoms with Crippen molar-refractivity contribution in [2.75, 3.05) is 0 Å². The first kappa shape index (κ1) is 12.0. The third-order valence-electron chi connectivity index (χ3n) is 3.11. The van der Waals surface area contributed by atoms with Gasteiger partial charge in [-0.1, -0.05) is 54.1 Å². The van der Waals surface area contributed by atoms with Crippen molar-refractivity contribution in [3.63, 3.8) is 0 Å². The van der Waals surface area contributed by atoms with Crippen molar-refractivity contribution in [3.8, 4) is 11.3 Å². The molecule has 0 aliphatic heterocycles. The molecule has 0 unspecified atom stereocenters. The molecule has 3 rings (SSSR count). The van der Waals surface area contributed by atoms with Gasteiger partial charge in [-0.3, -0.25) is 4.79 Å². The predicted octanol–water partition coefficient (Wildman–Crippen LogP) is 4.42. The van der Waals surface area contributed by atoms with Crippen LogP contribution in [0.15, 0.2) is 57.7 Å². The Morgan fingerprint density at radius 2 is 1.74 bits per heavy atom. The maximum atomic E-state index is 12.4. The van der Waals surface area contributed by atoms with Gasteiger partial charge in [0.2, 0.25) is 5.43 Å². The van der Waals surface area contributed by atoms with Crippen LogP contribution < -0.4 is 5.43 Å². The van der Waals surface area contributed by atoms with Gasteiger partial charge >= 0.3 is 0 Å². The summed E-state index contributed by atoms with van der Waals surface area (Å²) < 4.78 is 5.81. The average Bonchev–Trinajstić information content (AvgIpc) is 2.43. The van der Waals surface area contributed by atoms with E-state index in [1.807, 2.05) is 49.4 Å². The Bertz CT molecular complexity index is 804. The first-order valence-corrected chi connectivity index (χ1v) is 6.33. The fourth-order valence-electron chi connectivity index (χ4n) is 2.16. The van der Waals surface area contributed by atoms with Crippen LogP contribution in [0.2, 0.25) is 5.02 Å². The van der Waals surface area contributed by atoms with Gasteiger partial charge in [0, 0.05) is 5.56 Å². The fraction of sp³-hybridized carbons (Fsp3) is 0.0625. The molecule has 1 heterocycles. The van der Waals surface area contributed by atoms with E-state index in [4.69, 9.17) is 16.0 Å². The Kier molecular flexibility index (Phi) is 2.88. The lowest BCUT2D eigenvalue weighted by atomic mass is 10.1. The molecule has 0 spiro atoms. The Balaban J connectivity index is 2.41. The van der Waals surface area contributed by atoms with Crippen LogP contribution in [0.1, 0.15) is 5.56 Å². The highest BCUT2D eigenvalue weighted by molar-refractivity contribution is 6.33. The summed E-state index contributed by atoms with van der Waals surface area (Å²) in [6, 6.07) is 14.9. The normalized spacial score (nSPS) is 10.8. The second kappa shape index (κ2) is 4.56. The Labute approximate surface area is 115 Å². The van der Waals surface area contributed by atoms with Crippen molar-refractivity contribution in [1.29, 1.82) is 0 Å². The van der Waals surface area contributed by atoms with Gasteiger partial charge in [-0.05, 0) is 18.6 Å². The summed E-state index contributed by atoms with van der Waals surface area (Å²) in [6.45, 7) is 1.87. The van der Waals surface area contributed by atoms with Crippen molar-refractivity contribution in [1.82, 2.24) is 0 Å². The third kappa shape index (κ3) is 1.94. The maximum Gasteiger partial charge on any atom is 0.212 e. The minimum absolute atomic E-state index is 0.132. The summed E-state index contributed by atoms with van der Waals surface area (Å²) in [5.41, 5.74) is 2.05. The second-order valence-corrected chi connectivity index (χ2v) is 4.77. The average molecular weight is 271 g/mol. The van der Waals surface area contributed by atoms with E-state index in [-0.39, 0.29) is 10.5 Å². The van der Waals surface area contributed by atoms with Crippen LogP contribution >= 0.6 is 11.6 Å². The van der Waals surface area contributed by atoms with Crippen LogP contribution in [0.5, 0.6) is 0 Å². The SMILES string of the molecule is Cc1cccc2oc(-c3ccccc3)c(Cl)c(=O)c12. The van der Waals surface area contributed by atoms with Gasteiger partial charge in [-0.2, -0.15) is 0 Å². The first-order valence-electron chi connectivity index (χ1n) is 5.96. The first-order chi connectivity index (χ1) is 9.18. The highest BCUT2D eigenvalue weighted by Gasteiger charge is 2.15. The van der Waals surface area contributed by atoms with E-state index in [0.717, 1.165) is 11.1 Å². The van der Waals surface area contributed by atoms with Crippen LogP contribution in [0.4, 0.5) is 0 Å². The summed E-state index contributed by atoms with van der Waals surface area (Å²) in [6.07, 6.45) is 0. The third-order valence-corrected chi connectivity index (χ3v) is 3.45. The zero-order chi connectivity index (χ0) is 13.4. The lowest BCUT2D eigenvalue weighted by molar-refractivity contribution is 0.619. The minimum atomic E-state index is -0.181. The lowest BCUT2D eigenvalue weighted by Gasteiger charge is -2.07. The molecule has 0 fully saturated rings. The molecule has 1 aromatic heterocycles. The summed E-state index contributed by atoms with van der Waals surface area (Å²) in [7, 11) is 0. The molecule has 3 aromatic rings. The number of hydrogen-bond donors (Lipinski definition) is 0. The van der Waals surface area contributed by atoms with Crippen LogP contribution in [0.3, 0.4) is 0 Å². The molecule has 0 radical (unpaired) electrons. The largest absolute Gasteiger partial charge is 0.454 e. The fourth-order valence-corrected chi connectivity index (χ4v) is 2.40. The van der Waals surface area contributed by atoms with Gasteiger partial charge in [0.25, 0.3) is 0 Å². The van der Waals surface area contributed by atoms with E-state index in [0.29, 0.717) is 16.7 Å². The molecular formula is C16H11ClO2. The molecule has 0 saturated heterocycles. The zero-order valence-corrected chi connectivity index (χ0v) is 11.1. The Morgan fingerprint density at radius 3 is 2.47 bits per heavy atom. The number of fused-ring (bicyclic) bond motifs is 1. The summed E-state index contributed by atoms with van der Waals surface area (Å²) in [4.78, 5) is 12.4. The number of benzene rings is 2. The standard InChI is InChI=1S/C16H11ClO2/c1-10-6-5-9-12-13(10)15(18)14(17)16(19-12)11-7-3-2-4-8-11/h2-9H,1H3. The summed E-state index contributed by atoms with van der Waals surface area (Å²) in [5.74, 6) is 0.422. The predicted molar refractivity (Wildman–Crippen MR) is 77.7 cm³/mol. The highest BCUT2D eigenvalue weighted by Crippen LogP contribution is 2.29. The second-order valence-electron chi connectivity index (χ2n) is 4.39. The lowest BCUT2D eigenvalue weighted by Crippen LogP contribution is -2.05. The molecule has 94 valence electrons. The molecule has 3 heteroatoms. The van der Waals surface area contributed by atoms with Crippen molar-refractivity contribution in [2.45, 2.75) is 6.92 Å². The quantitative estimate of drug-likeness (QED) is 0.655. The molecule has 0 saturated carbocycles. The van der Waals surface area contributed by atoms with E-state index in [9.17, 15) is 4.79 Å². The van der Waals surface area contributed by atoms with E-state index in [2.05, 4.69) is 0 Å². The van der Waals surface area contributed by atoms with Crippen LogP contribution in [0, 0.1) is 6.92 Å². The molecule has 0 N–H and O–H groups in total. The van der Waals surface area contributed by atoms with Crippen molar-refractivity contribution in [2.24, 2.45) is 0 Å². The van der Waals surface area contributed by atoms with Crippen molar-refractivity contribution < 1.29 is 4.42 Å². The molecule has 0 bridgehead atoms. The topological polar surface area (TPSA) is 30.2 Å². The van der Waals surface area contributed by atoms with E-state index < -0.39 is 0 Å². The number of aryl methyl sites for hydroxylation is 1. The van der Waals surface area contributed by atoms with Gasteiger partial charge in [-0.25, -0.2) is 0 Å². The molecule has 2 aromatic carbocycles. The van der Waals surface area contributed by atoms with E-state index in [1.54, 1.807) is 6.07 Å². The van der Waals surface area contributed by atoms with E-state index >= 15 is 0 Å². The van der Waals surface area contributed by atoms with Crippen LogP contribution in [-0.2, 0) is 0 Å². The molecule has 2 nitrogen and oxygen atoms in total. The van der Waals surface area contributed by atoms with Crippen LogP contribution in [0.25, 0.3) is 22.3 Å². The number of hydrogen-bond acceptors (Lipinski definition) is 2. The zero-order valence-electron chi connectivity index (χ0n) is 10.3. The Hall–Kier alpha value is -2.06. The number of rotatable bonds is 1. The van der Waals surface area contributed by atoms with Gasteiger partial charge < -0.3 is 4.42 Å². The molecule has 0 amide bonds. The van der Waals surface area contributed by atoms with Gasteiger partial charge in [-0.15, -0.1) is 0 Å². The summed E-state index contributed by atoms with van der Waals surface area (Å²) >= 11 is 6.17. The number of halogens is 1. The van der Waals surface area contributed by atoms with Gasteiger partial charge in [0.1, 0.15) is 10.6 Å². The van der Waals surface area contributed by atoms with Gasteiger partial charge in [0.05, 0.1) is 5.39 Å². The monoisotopic (exact) mass is 270 g/mol. The molecular weight excluding hydrogens is 260 g/mol. The van der Waals surface area contributed by atoms with Crippen molar-refractivity contribution in [3.05, 3.63) is 69.3 Å².